The molecule has 0 radical (unpaired) electrons. The molecule has 0 bridgehead atoms. The third kappa shape index (κ3) is 38.1. The van der Waals surface area contributed by atoms with Crippen molar-refractivity contribution in [3.63, 3.8) is 0 Å². The molecule has 0 spiro atoms. The molecule has 0 aliphatic carbocycles. The SMILES string of the molecule is CCCCC(CC)C[Si](C)(C)CCl.C[Si](C)(Cl)CCl.[Br-].[CH2-]C(CC)CCCC.[Mg+2]. The Morgan fingerprint density at radius 2 is 1.21 bits per heavy atom. The van der Waals surface area contributed by atoms with Gasteiger partial charge in [0.25, 0.3) is 0 Å². The Bertz CT molecular complexity index is 304. The van der Waals surface area contributed by atoms with E-state index in [0.29, 0.717) is 11.4 Å². The standard InChI is InChI=1S/C11H25ClSi.C8H17.C3H8Cl2Si.BrH.Mg/c1-5-7-8-11(6-2)9-13(3,4)10-12;1-4-6-7-8(3)5-2;1-6(2,5)3-4;;/h11H,5-10H2,1-4H3;8H,3-7H2,1-2H3;3H2,1-2H3;1H;/q;-1;;;+2/p-1. The van der Waals surface area contributed by atoms with Crippen LogP contribution in [0.15, 0.2) is 0 Å². The van der Waals surface area contributed by atoms with Gasteiger partial charge in [0.15, 0.2) is 7.38 Å². The van der Waals surface area contributed by atoms with Crippen molar-refractivity contribution < 1.29 is 17.0 Å². The zero-order valence-electron chi connectivity index (χ0n) is 20.9. The zero-order valence-corrected chi connectivity index (χ0v) is 28.1. The van der Waals surface area contributed by atoms with Crippen LogP contribution < -0.4 is 17.0 Å². The van der Waals surface area contributed by atoms with Crippen LogP contribution in [0.3, 0.4) is 0 Å². The fourth-order valence-electron chi connectivity index (χ4n) is 2.48. The van der Waals surface area contributed by atoms with E-state index in [1.54, 1.807) is 0 Å². The number of alkyl halides is 2. The van der Waals surface area contributed by atoms with Crippen LogP contribution in [-0.2, 0) is 0 Å². The molecule has 176 valence electrons. The van der Waals surface area contributed by atoms with Crippen LogP contribution in [0.4, 0.5) is 0 Å². The van der Waals surface area contributed by atoms with E-state index >= 15 is 0 Å². The third-order valence-corrected chi connectivity index (χ3v) is 12.6. The van der Waals surface area contributed by atoms with E-state index in [-0.39, 0.29) is 40.0 Å². The van der Waals surface area contributed by atoms with Crippen LogP contribution in [0, 0.1) is 18.8 Å². The minimum atomic E-state index is -1.39. The van der Waals surface area contributed by atoms with Crippen molar-refractivity contribution in [2.24, 2.45) is 11.8 Å². The summed E-state index contributed by atoms with van der Waals surface area (Å²) in [6.07, 6.45) is 10.7. The molecule has 0 aliphatic rings. The van der Waals surface area contributed by atoms with Gasteiger partial charge in [0.05, 0.1) is 8.07 Å². The van der Waals surface area contributed by atoms with Crippen LogP contribution in [-0.4, -0.2) is 49.5 Å². The van der Waals surface area contributed by atoms with Gasteiger partial charge in [-0.2, -0.15) is 17.0 Å². The number of halogens is 4. The summed E-state index contributed by atoms with van der Waals surface area (Å²) in [5.74, 6) is 1.65. The van der Waals surface area contributed by atoms with Crippen molar-refractivity contribution in [3.05, 3.63) is 6.92 Å². The van der Waals surface area contributed by atoms with Crippen molar-refractivity contribution >= 4 is 72.8 Å². The second kappa shape index (κ2) is 26.8. The Morgan fingerprint density at radius 3 is 1.48 bits per heavy atom. The van der Waals surface area contributed by atoms with Gasteiger partial charge in [-0.3, -0.25) is 0 Å². The summed E-state index contributed by atoms with van der Waals surface area (Å²) in [6, 6.07) is 1.42. The summed E-state index contributed by atoms with van der Waals surface area (Å²) in [6.45, 7) is 21.9. The Kier molecular flexibility index (Phi) is 38.6. The van der Waals surface area contributed by atoms with Crippen LogP contribution in [0.5, 0.6) is 0 Å². The molecule has 0 aromatic carbocycles. The van der Waals surface area contributed by atoms with Gasteiger partial charge in [0.2, 0.25) is 0 Å². The Balaban J connectivity index is -0.000000104. The van der Waals surface area contributed by atoms with Gasteiger partial charge in [0, 0.05) is 11.0 Å². The van der Waals surface area contributed by atoms with E-state index in [1.807, 2.05) is 13.1 Å². The molecule has 0 nitrogen and oxygen atoms in total. The fourth-order valence-corrected chi connectivity index (χ4v) is 4.97. The molecule has 0 aliphatic heterocycles. The maximum absolute atomic E-state index is 5.99. The topological polar surface area (TPSA) is 0 Å². The van der Waals surface area contributed by atoms with Gasteiger partial charge in [-0.25, -0.2) is 0 Å². The molecular weight excluding hydrogens is 531 g/mol. The normalized spacial score (nSPS) is 12.8. The summed E-state index contributed by atoms with van der Waals surface area (Å²) in [4.78, 5) is 0. The van der Waals surface area contributed by atoms with Gasteiger partial charge < -0.3 is 23.9 Å². The molecule has 0 fully saturated rings. The molecule has 0 rings (SSSR count). The molecule has 0 saturated heterocycles. The Labute approximate surface area is 229 Å². The minimum Gasteiger partial charge on any atom is -1.00 e. The molecule has 0 amide bonds. The summed E-state index contributed by atoms with van der Waals surface area (Å²) < 4.78 is 0. The van der Waals surface area contributed by atoms with E-state index in [9.17, 15) is 0 Å². The second-order valence-corrected chi connectivity index (χ2v) is 22.6. The van der Waals surface area contributed by atoms with Crippen LogP contribution in [0.2, 0.25) is 32.2 Å². The molecular formula is C22H50BrCl3MgSi2. The quantitative estimate of drug-likeness (QED) is 0.106. The smallest absolute Gasteiger partial charge is 1.00 e. The van der Waals surface area contributed by atoms with Gasteiger partial charge in [0.1, 0.15) is 0 Å². The Morgan fingerprint density at radius 1 is 0.793 bits per heavy atom. The Hall–Kier alpha value is 2.55. The molecule has 0 aromatic heterocycles. The van der Waals surface area contributed by atoms with Crippen LogP contribution >= 0.6 is 34.3 Å². The van der Waals surface area contributed by atoms with Gasteiger partial charge in [-0.05, 0) is 5.92 Å². The minimum absolute atomic E-state index is 0. The van der Waals surface area contributed by atoms with E-state index in [1.165, 1.54) is 57.4 Å². The third-order valence-electron chi connectivity index (χ3n) is 4.61. The largest absolute Gasteiger partial charge is 2.00 e. The summed E-state index contributed by atoms with van der Waals surface area (Å²) >= 11 is 17.1. The molecule has 0 heterocycles. The maximum atomic E-state index is 5.99. The number of unbranched alkanes of at least 4 members (excludes halogenated alkanes) is 2. The fraction of sp³-hybridized carbons (Fsp3) is 0.955. The van der Waals surface area contributed by atoms with Crippen molar-refractivity contribution in [2.75, 3.05) is 11.0 Å². The summed E-state index contributed by atoms with van der Waals surface area (Å²) in [7, 11) is -2.44. The molecule has 0 N–H and O–H groups in total. The first kappa shape index (κ1) is 41.8. The van der Waals surface area contributed by atoms with Crippen molar-refractivity contribution in [1.82, 2.24) is 0 Å². The molecule has 7 heteroatoms. The number of rotatable bonds is 12. The van der Waals surface area contributed by atoms with E-state index in [4.69, 9.17) is 34.3 Å². The van der Waals surface area contributed by atoms with Crippen LogP contribution in [0.25, 0.3) is 0 Å². The molecule has 0 aromatic rings. The monoisotopic (exact) mass is 578 g/mol. The number of hydrogen-bond acceptors (Lipinski definition) is 0. The van der Waals surface area contributed by atoms with E-state index in [0.717, 1.165) is 11.4 Å². The van der Waals surface area contributed by atoms with Gasteiger partial charge in [-0.1, -0.05) is 111 Å². The first-order chi connectivity index (χ1) is 12.4. The van der Waals surface area contributed by atoms with Crippen molar-refractivity contribution in [3.8, 4) is 0 Å². The van der Waals surface area contributed by atoms with Gasteiger partial charge in [-0.15, -0.1) is 23.2 Å². The zero-order chi connectivity index (χ0) is 21.9. The van der Waals surface area contributed by atoms with Crippen molar-refractivity contribution in [2.45, 2.75) is 111 Å². The van der Waals surface area contributed by atoms with Crippen LogP contribution in [0.1, 0.15) is 79.1 Å². The first-order valence-corrected chi connectivity index (χ1v) is 19.8. The average Bonchev–Trinajstić information content (AvgIpc) is 2.63. The number of hydrogen-bond donors (Lipinski definition) is 0. The molecule has 29 heavy (non-hydrogen) atoms. The van der Waals surface area contributed by atoms with Crippen molar-refractivity contribution in [1.29, 1.82) is 0 Å². The predicted molar refractivity (Wildman–Crippen MR) is 145 cm³/mol. The summed E-state index contributed by atoms with van der Waals surface area (Å²) in [5.41, 5.74) is 1.57. The first-order valence-electron chi connectivity index (χ1n) is 11.1. The molecule has 2 unspecified atom stereocenters. The van der Waals surface area contributed by atoms with E-state index in [2.05, 4.69) is 47.7 Å². The predicted octanol–water partition coefficient (Wildman–Crippen LogP) is 6.56. The second-order valence-electron chi connectivity index (χ2n) is 9.19. The molecule has 0 saturated carbocycles. The average molecular weight is 581 g/mol. The van der Waals surface area contributed by atoms with Gasteiger partial charge >= 0.3 is 23.1 Å². The molecule has 2 atom stereocenters. The summed E-state index contributed by atoms with van der Waals surface area (Å²) in [5, 5.41) is 0. The van der Waals surface area contributed by atoms with E-state index < -0.39 is 15.5 Å². The maximum Gasteiger partial charge on any atom is 2.00 e.